The average Bonchev–Trinajstić information content (AvgIpc) is 2.33. The fourth-order valence-electron chi connectivity index (χ4n) is 0.501. The van der Waals surface area contributed by atoms with E-state index in [-0.39, 0.29) is 0 Å². The van der Waals surface area contributed by atoms with E-state index in [1.54, 1.807) is 0 Å². The van der Waals surface area contributed by atoms with Crippen LogP contribution in [0.25, 0.3) is 0 Å². The molecule has 0 heterocycles. The predicted molar refractivity (Wildman–Crippen MR) is 85.8 cm³/mol. The minimum atomic E-state index is 0.833. The van der Waals surface area contributed by atoms with Crippen molar-refractivity contribution in [1.82, 2.24) is 0 Å². The van der Waals surface area contributed by atoms with E-state index >= 15 is 0 Å². The summed E-state index contributed by atoms with van der Waals surface area (Å²) in [6, 6.07) is 0. The van der Waals surface area contributed by atoms with Gasteiger partial charge in [-0.3, -0.25) is 0 Å². The zero-order valence-corrected chi connectivity index (χ0v) is 15.8. The molecule has 0 aromatic carbocycles. The normalized spacial score (nSPS) is 9.56. The second-order valence-corrected chi connectivity index (χ2v) is 4.98. The Morgan fingerprint density at radius 2 is 1.39 bits per heavy atom. The molecule has 0 nitrogen and oxygen atoms in total. The van der Waals surface area contributed by atoms with Gasteiger partial charge in [0.1, 0.15) is 0 Å². The van der Waals surface area contributed by atoms with Crippen molar-refractivity contribution >= 4 is 4.23 Å². The van der Waals surface area contributed by atoms with Crippen LogP contribution in [0.3, 0.4) is 0 Å². The van der Waals surface area contributed by atoms with Crippen molar-refractivity contribution in [3.05, 3.63) is 23.8 Å². The quantitative estimate of drug-likeness (QED) is 0.546. The molecule has 0 aliphatic heterocycles. The first kappa shape index (κ1) is 26.5. The summed E-state index contributed by atoms with van der Waals surface area (Å²) in [5.74, 6) is 0.833. The molecule has 0 amide bonds. The first-order valence-electron chi connectivity index (χ1n) is 7.10. The average molecular weight is 290 g/mol. The van der Waals surface area contributed by atoms with Crippen LogP contribution in [-0.2, 0) is 17.0 Å². The molecule has 0 saturated heterocycles. The molecule has 0 spiro atoms. The molecule has 0 bridgehead atoms. The van der Waals surface area contributed by atoms with Gasteiger partial charge >= 0.3 is 72.2 Å². The summed E-state index contributed by atoms with van der Waals surface area (Å²) in [6.45, 7) is 20.6. The van der Waals surface area contributed by atoms with Crippen LogP contribution < -0.4 is 0 Å². The number of hydrogen-bond donors (Lipinski definition) is 0. The summed E-state index contributed by atoms with van der Waals surface area (Å²) in [7, 11) is 0. The Bertz CT molecular complexity index is 195. The predicted octanol–water partition coefficient (Wildman–Crippen LogP) is 6.16. The molecule has 0 radical (unpaired) electrons. The van der Waals surface area contributed by atoms with Crippen molar-refractivity contribution in [1.29, 1.82) is 0 Å². The van der Waals surface area contributed by atoms with Crippen molar-refractivity contribution in [2.75, 3.05) is 0 Å². The molecule has 0 fully saturated rings. The molecule has 0 unspecified atom stereocenters. The van der Waals surface area contributed by atoms with E-state index in [1.165, 1.54) is 9.80 Å². The molecule has 0 aromatic heterocycles. The molecule has 0 aliphatic carbocycles. The molecular weight excluding hydrogens is 255 g/mol. The summed E-state index contributed by atoms with van der Waals surface area (Å²) >= 11 is 2.56. The van der Waals surface area contributed by atoms with E-state index < -0.39 is 0 Å². The third kappa shape index (κ3) is 44.5. The van der Waals surface area contributed by atoms with Crippen LogP contribution >= 0.6 is 0 Å². The fourth-order valence-corrected chi connectivity index (χ4v) is 0.644. The molecular formula is C17H35V-. The van der Waals surface area contributed by atoms with Gasteiger partial charge in [0.15, 0.2) is 0 Å². The van der Waals surface area contributed by atoms with Gasteiger partial charge in [0.25, 0.3) is 0 Å². The molecule has 0 N–H and O–H groups in total. The summed E-state index contributed by atoms with van der Waals surface area (Å²) in [4.78, 5) is 0. The van der Waals surface area contributed by atoms with E-state index in [2.05, 4.69) is 63.7 Å². The molecule has 0 aliphatic rings. The third-order valence-corrected chi connectivity index (χ3v) is 1.87. The number of allylic oxidation sites excluding steroid dienone is 4. The van der Waals surface area contributed by atoms with Crippen molar-refractivity contribution in [2.24, 2.45) is 5.92 Å². The standard InChI is InChI=1S/C9H13.C4H10.2C2H6.V/c1-4-6-7-8-9(3)5-2;1-4(2)3;2*1-2;/h6,8H,7H2,1-3H3;4H,1-3H3;2*1-2H3;/q-1;;;;/b9-8-;;;;. The maximum atomic E-state index is 2.98. The van der Waals surface area contributed by atoms with Crippen LogP contribution in [0.4, 0.5) is 0 Å². The second kappa shape index (κ2) is 25.7. The summed E-state index contributed by atoms with van der Waals surface area (Å²) in [5, 5.41) is 0. The van der Waals surface area contributed by atoms with Crippen LogP contribution in [-0.4, -0.2) is 4.23 Å². The van der Waals surface area contributed by atoms with Gasteiger partial charge in [0, 0.05) is 0 Å². The van der Waals surface area contributed by atoms with Crippen LogP contribution in [0.2, 0.25) is 0 Å². The van der Waals surface area contributed by atoms with Gasteiger partial charge in [0.05, 0.1) is 0 Å². The maximum absolute atomic E-state index is 2.98. The Kier molecular flexibility index (Phi) is 37.8. The molecule has 0 saturated carbocycles. The first-order chi connectivity index (χ1) is 8.41. The Morgan fingerprint density at radius 1 is 1.06 bits per heavy atom. The Morgan fingerprint density at radius 3 is 1.61 bits per heavy atom. The zero-order valence-electron chi connectivity index (χ0n) is 14.4. The molecule has 109 valence electrons. The molecule has 1 heteroatoms. The van der Waals surface area contributed by atoms with Crippen LogP contribution in [0.5, 0.6) is 0 Å². The third-order valence-electron chi connectivity index (χ3n) is 1.32. The van der Waals surface area contributed by atoms with Crippen molar-refractivity contribution < 1.29 is 17.0 Å². The Hall–Kier alpha value is -0.0656. The van der Waals surface area contributed by atoms with Gasteiger partial charge < -0.3 is 0 Å². The molecule has 0 aromatic rings. The van der Waals surface area contributed by atoms with Crippen LogP contribution in [0, 0.1) is 12.0 Å². The van der Waals surface area contributed by atoms with Crippen molar-refractivity contribution in [3.63, 3.8) is 0 Å². The van der Waals surface area contributed by atoms with Gasteiger partial charge in [-0.15, -0.1) is 0 Å². The number of rotatable bonds is 3. The van der Waals surface area contributed by atoms with Crippen LogP contribution in [0.1, 0.15) is 75.7 Å². The van der Waals surface area contributed by atoms with Gasteiger partial charge in [-0.25, -0.2) is 0 Å². The van der Waals surface area contributed by atoms with Gasteiger partial charge in [-0.2, -0.15) is 0 Å². The number of hydrogen-bond acceptors (Lipinski definition) is 0. The SMILES string of the molecule is CC.CC.CC(C)C.C[C-]=CC/C=C(/C)[C](C)=[V]. The van der Waals surface area contributed by atoms with E-state index in [0.717, 1.165) is 12.3 Å². The van der Waals surface area contributed by atoms with E-state index in [9.17, 15) is 0 Å². The minimum absolute atomic E-state index is 0.833. The molecule has 0 atom stereocenters. The Balaban J connectivity index is -0.000000102. The van der Waals surface area contributed by atoms with Gasteiger partial charge in [-0.1, -0.05) is 48.5 Å². The van der Waals surface area contributed by atoms with Crippen molar-refractivity contribution in [2.45, 2.75) is 75.7 Å². The first-order valence-corrected chi connectivity index (χ1v) is 7.80. The van der Waals surface area contributed by atoms with Gasteiger partial charge in [0.2, 0.25) is 0 Å². The van der Waals surface area contributed by atoms with Gasteiger partial charge in [-0.05, 0) is 5.92 Å². The monoisotopic (exact) mass is 290 g/mol. The second-order valence-electron chi connectivity index (χ2n) is 3.93. The van der Waals surface area contributed by atoms with Crippen molar-refractivity contribution in [3.8, 4) is 0 Å². The summed E-state index contributed by atoms with van der Waals surface area (Å²) < 4.78 is 1.33. The fraction of sp³-hybridized carbons (Fsp3) is 0.706. The van der Waals surface area contributed by atoms with Crippen LogP contribution in [0.15, 0.2) is 17.7 Å². The van der Waals surface area contributed by atoms with E-state index in [4.69, 9.17) is 0 Å². The summed E-state index contributed by atoms with van der Waals surface area (Å²) in [6.07, 6.45) is 8.20. The van der Waals surface area contributed by atoms with E-state index in [1.807, 2.05) is 40.7 Å². The summed E-state index contributed by atoms with van der Waals surface area (Å²) in [5.41, 5.74) is 1.35. The Labute approximate surface area is 126 Å². The topological polar surface area (TPSA) is 0 Å². The van der Waals surface area contributed by atoms with E-state index in [0.29, 0.717) is 0 Å². The zero-order chi connectivity index (χ0) is 15.6. The molecule has 0 rings (SSSR count). The molecule has 18 heavy (non-hydrogen) atoms.